The quantitative estimate of drug-likeness (QED) is 0.929. The van der Waals surface area contributed by atoms with Gasteiger partial charge in [0.15, 0.2) is 0 Å². The Labute approximate surface area is 110 Å². The van der Waals surface area contributed by atoms with Crippen LogP contribution in [0.25, 0.3) is 11.0 Å². The maximum absolute atomic E-state index is 11.0. The van der Waals surface area contributed by atoms with Gasteiger partial charge in [0.1, 0.15) is 5.82 Å². The van der Waals surface area contributed by atoms with Crippen LogP contribution in [0.5, 0.6) is 0 Å². The van der Waals surface area contributed by atoms with Gasteiger partial charge in [-0.25, -0.2) is 4.98 Å². The number of carboxylic acids is 1. The van der Waals surface area contributed by atoms with E-state index in [1.165, 1.54) is 0 Å². The first-order valence-corrected chi connectivity index (χ1v) is 6.14. The molecule has 4 nitrogen and oxygen atoms in total. The standard InChI is InChI=1S/C13H15ClN2O2/c1-7(8(2)13(17)18)12-15-10-6-9(14)4-5-11(10)16(12)3/h4-8H,1-3H3,(H,17,18). The van der Waals surface area contributed by atoms with Crippen LogP contribution in [0.2, 0.25) is 5.02 Å². The Morgan fingerprint density at radius 1 is 1.44 bits per heavy atom. The molecule has 1 aromatic heterocycles. The van der Waals surface area contributed by atoms with E-state index in [4.69, 9.17) is 16.7 Å². The zero-order chi connectivity index (χ0) is 13.4. The lowest BCUT2D eigenvalue weighted by molar-refractivity contribution is -0.141. The van der Waals surface area contributed by atoms with Crippen molar-refractivity contribution in [1.82, 2.24) is 9.55 Å². The van der Waals surface area contributed by atoms with Gasteiger partial charge in [-0.05, 0) is 18.2 Å². The fourth-order valence-electron chi connectivity index (χ4n) is 2.04. The van der Waals surface area contributed by atoms with Crippen molar-refractivity contribution in [2.45, 2.75) is 19.8 Å². The summed E-state index contributed by atoms with van der Waals surface area (Å²) in [6.45, 7) is 3.57. The minimum absolute atomic E-state index is 0.154. The molecule has 0 amide bonds. The molecule has 1 N–H and O–H groups in total. The first-order valence-electron chi connectivity index (χ1n) is 5.76. The second-order valence-electron chi connectivity index (χ2n) is 4.58. The predicted octanol–water partition coefficient (Wildman–Crippen LogP) is 3.05. The predicted molar refractivity (Wildman–Crippen MR) is 70.9 cm³/mol. The van der Waals surface area contributed by atoms with Crippen LogP contribution in [-0.2, 0) is 11.8 Å². The third-order valence-corrected chi connectivity index (χ3v) is 3.66. The summed E-state index contributed by atoms with van der Waals surface area (Å²) in [4.78, 5) is 15.5. The second-order valence-corrected chi connectivity index (χ2v) is 5.01. The number of benzene rings is 1. The van der Waals surface area contributed by atoms with E-state index < -0.39 is 11.9 Å². The molecule has 5 heteroatoms. The van der Waals surface area contributed by atoms with Crippen molar-refractivity contribution in [1.29, 1.82) is 0 Å². The van der Waals surface area contributed by atoms with Gasteiger partial charge in [-0.3, -0.25) is 4.79 Å². The molecule has 0 aliphatic heterocycles. The summed E-state index contributed by atoms with van der Waals surface area (Å²) < 4.78 is 1.93. The highest BCUT2D eigenvalue weighted by Crippen LogP contribution is 2.27. The van der Waals surface area contributed by atoms with Crippen LogP contribution in [0.15, 0.2) is 18.2 Å². The lowest BCUT2D eigenvalue weighted by Gasteiger charge is -2.15. The molecule has 2 aromatic rings. The van der Waals surface area contributed by atoms with Crippen LogP contribution < -0.4 is 0 Å². The van der Waals surface area contributed by atoms with E-state index in [-0.39, 0.29) is 5.92 Å². The average molecular weight is 267 g/mol. The third-order valence-electron chi connectivity index (χ3n) is 3.42. The van der Waals surface area contributed by atoms with Crippen molar-refractivity contribution in [3.05, 3.63) is 29.0 Å². The van der Waals surface area contributed by atoms with Gasteiger partial charge < -0.3 is 9.67 Å². The molecule has 0 saturated heterocycles. The zero-order valence-corrected chi connectivity index (χ0v) is 11.3. The monoisotopic (exact) mass is 266 g/mol. The van der Waals surface area contributed by atoms with Gasteiger partial charge in [0, 0.05) is 18.0 Å². The number of aryl methyl sites for hydroxylation is 1. The number of carbonyl (C=O) groups is 1. The first kappa shape index (κ1) is 12.9. The van der Waals surface area contributed by atoms with Crippen LogP contribution in [0.1, 0.15) is 25.6 Å². The van der Waals surface area contributed by atoms with Crippen molar-refractivity contribution in [3.8, 4) is 0 Å². The van der Waals surface area contributed by atoms with E-state index >= 15 is 0 Å². The van der Waals surface area contributed by atoms with Gasteiger partial charge in [-0.15, -0.1) is 0 Å². The molecule has 1 heterocycles. The van der Waals surface area contributed by atoms with Gasteiger partial charge in [0.25, 0.3) is 0 Å². The molecule has 0 aliphatic rings. The van der Waals surface area contributed by atoms with Crippen molar-refractivity contribution < 1.29 is 9.90 Å². The minimum Gasteiger partial charge on any atom is -0.481 e. The summed E-state index contributed by atoms with van der Waals surface area (Å²) in [5.74, 6) is -0.676. The topological polar surface area (TPSA) is 55.1 Å². The van der Waals surface area contributed by atoms with Crippen molar-refractivity contribution in [2.24, 2.45) is 13.0 Å². The molecule has 96 valence electrons. The largest absolute Gasteiger partial charge is 0.481 e. The summed E-state index contributed by atoms with van der Waals surface area (Å²) in [7, 11) is 1.89. The van der Waals surface area contributed by atoms with Gasteiger partial charge in [0.2, 0.25) is 0 Å². The summed E-state index contributed by atoms with van der Waals surface area (Å²) in [6, 6.07) is 5.49. The van der Waals surface area contributed by atoms with E-state index in [2.05, 4.69) is 4.98 Å². The van der Waals surface area contributed by atoms with Crippen molar-refractivity contribution in [3.63, 3.8) is 0 Å². The molecule has 0 radical (unpaired) electrons. The minimum atomic E-state index is -0.812. The van der Waals surface area contributed by atoms with Gasteiger partial charge in [-0.1, -0.05) is 25.4 Å². The first-order chi connectivity index (χ1) is 8.41. The summed E-state index contributed by atoms with van der Waals surface area (Å²) in [6.07, 6.45) is 0. The molecule has 0 saturated carbocycles. The Morgan fingerprint density at radius 2 is 2.11 bits per heavy atom. The van der Waals surface area contributed by atoms with Gasteiger partial charge in [0.05, 0.1) is 17.0 Å². The lowest BCUT2D eigenvalue weighted by atomic mass is 9.95. The summed E-state index contributed by atoms with van der Waals surface area (Å²) in [5, 5.41) is 9.70. The number of fused-ring (bicyclic) bond motifs is 1. The molecule has 0 aliphatic carbocycles. The molecule has 0 bridgehead atoms. The van der Waals surface area contributed by atoms with Crippen molar-refractivity contribution in [2.75, 3.05) is 0 Å². The Balaban J connectivity index is 2.51. The normalized spacial score (nSPS) is 14.7. The second kappa shape index (κ2) is 4.61. The Hall–Kier alpha value is -1.55. The Morgan fingerprint density at radius 3 is 2.72 bits per heavy atom. The Kier molecular flexibility index (Phi) is 3.30. The number of imidazole rings is 1. The fraction of sp³-hybridized carbons (Fsp3) is 0.385. The SMILES string of the molecule is CC(C(=O)O)C(C)c1nc2cc(Cl)ccc2n1C. The Bertz CT molecular complexity index is 606. The van der Waals surface area contributed by atoms with Crippen molar-refractivity contribution >= 4 is 28.6 Å². The summed E-state index contributed by atoms with van der Waals surface area (Å²) in [5.41, 5.74) is 1.75. The molecule has 0 fully saturated rings. The fourth-order valence-corrected chi connectivity index (χ4v) is 2.20. The van der Waals surface area contributed by atoms with E-state index in [9.17, 15) is 4.79 Å². The number of halogens is 1. The molecule has 1 aromatic carbocycles. The van der Waals surface area contributed by atoms with Crippen LogP contribution >= 0.6 is 11.6 Å². The number of aromatic nitrogens is 2. The molecule has 2 unspecified atom stereocenters. The third kappa shape index (κ3) is 2.08. The number of hydrogen-bond acceptors (Lipinski definition) is 2. The number of nitrogens with zero attached hydrogens (tertiary/aromatic N) is 2. The highest BCUT2D eigenvalue weighted by atomic mass is 35.5. The molecular weight excluding hydrogens is 252 g/mol. The maximum atomic E-state index is 11.0. The smallest absolute Gasteiger partial charge is 0.306 e. The average Bonchev–Trinajstić information content (AvgIpc) is 2.64. The number of carboxylic acid groups (broad SMARTS) is 1. The number of rotatable bonds is 3. The molecular formula is C13H15ClN2O2. The highest BCUT2D eigenvalue weighted by Gasteiger charge is 2.25. The van der Waals surface area contributed by atoms with Crippen LogP contribution in [0.3, 0.4) is 0 Å². The van der Waals surface area contributed by atoms with Gasteiger partial charge in [-0.2, -0.15) is 0 Å². The lowest BCUT2D eigenvalue weighted by Crippen LogP contribution is -2.19. The van der Waals surface area contributed by atoms with Crippen LogP contribution in [-0.4, -0.2) is 20.6 Å². The molecule has 18 heavy (non-hydrogen) atoms. The molecule has 2 atom stereocenters. The molecule has 0 spiro atoms. The zero-order valence-electron chi connectivity index (χ0n) is 10.5. The maximum Gasteiger partial charge on any atom is 0.306 e. The van der Waals surface area contributed by atoms with E-state index in [0.717, 1.165) is 16.9 Å². The van der Waals surface area contributed by atoms with E-state index in [1.807, 2.05) is 24.6 Å². The molecule has 2 rings (SSSR count). The number of hydrogen-bond donors (Lipinski definition) is 1. The summed E-state index contributed by atoms with van der Waals surface area (Å²) >= 11 is 5.93. The van der Waals surface area contributed by atoms with E-state index in [0.29, 0.717) is 5.02 Å². The van der Waals surface area contributed by atoms with Gasteiger partial charge >= 0.3 is 5.97 Å². The van der Waals surface area contributed by atoms with E-state index in [1.54, 1.807) is 19.1 Å². The van der Waals surface area contributed by atoms with Crippen LogP contribution in [0.4, 0.5) is 0 Å². The highest BCUT2D eigenvalue weighted by molar-refractivity contribution is 6.31. The van der Waals surface area contributed by atoms with Crippen LogP contribution in [0, 0.1) is 5.92 Å². The number of aliphatic carboxylic acids is 1.